The summed E-state index contributed by atoms with van der Waals surface area (Å²) in [5.41, 5.74) is 0.776. The summed E-state index contributed by atoms with van der Waals surface area (Å²) >= 11 is 0. The van der Waals surface area contributed by atoms with Gasteiger partial charge in [-0.25, -0.2) is 9.18 Å². The number of hydrogen-bond donors (Lipinski definition) is 1. The summed E-state index contributed by atoms with van der Waals surface area (Å²) in [6, 6.07) is 5.98. The molecule has 2 unspecified atom stereocenters. The van der Waals surface area contributed by atoms with Gasteiger partial charge in [0.2, 0.25) is 5.91 Å². The number of Topliss-reactive ketones (excluding diaryl/α,β-unsaturated/α-hetero) is 1. The fourth-order valence-corrected chi connectivity index (χ4v) is 6.12. The van der Waals surface area contributed by atoms with Crippen LogP contribution in [0.25, 0.3) is 0 Å². The summed E-state index contributed by atoms with van der Waals surface area (Å²) in [6.07, 6.45) is 4.50. The molecule has 3 fully saturated rings. The van der Waals surface area contributed by atoms with Gasteiger partial charge in [0, 0.05) is 19.1 Å². The minimum absolute atomic E-state index is 0.0146. The maximum Gasteiger partial charge on any atom is 0.411 e. The lowest BCUT2D eigenvalue weighted by Crippen LogP contribution is -2.44. The van der Waals surface area contributed by atoms with Gasteiger partial charge < -0.3 is 19.7 Å². The van der Waals surface area contributed by atoms with Crippen molar-refractivity contribution < 1.29 is 33.0 Å². The normalized spacial score (nSPS) is 29.2. The van der Waals surface area contributed by atoms with Crippen molar-refractivity contribution in [3.05, 3.63) is 59.1 Å². The molecule has 3 amide bonds. The molecule has 4 aliphatic rings. The molecule has 2 saturated heterocycles. The van der Waals surface area contributed by atoms with E-state index in [0.29, 0.717) is 18.4 Å². The molecule has 0 aromatic heterocycles. The summed E-state index contributed by atoms with van der Waals surface area (Å²) in [5.74, 6) is -1.67. The number of rotatable bonds is 6. The van der Waals surface area contributed by atoms with Gasteiger partial charge in [-0.15, -0.1) is 0 Å². The molecule has 2 aliphatic carbocycles. The third-order valence-corrected chi connectivity index (χ3v) is 8.26. The molecule has 0 bridgehead atoms. The Hall–Kier alpha value is -3.53. The number of fused-ring (bicyclic) bond motifs is 2. The van der Waals surface area contributed by atoms with E-state index in [1.54, 1.807) is 36.1 Å². The average molecular weight is 526 g/mol. The second-order valence-corrected chi connectivity index (χ2v) is 10.5. The molecule has 5 atom stereocenters. The number of carbonyl (C=O) groups excluding carboxylic acids is 4. The monoisotopic (exact) mass is 525 g/mol. The van der Waals surface area contributed by atoms with Crippen molar-refractivity contribution >= 4 is 23.7 Å². The topological polar surface area (TPSA) is 105 Å². The van der Waals surface area contributed by atoms with E-state index >= 15 is 0 Å². The zero-order chi connectivity index (χ0) is 27.2. The number of ketones is 1. The number of ether oxygens (including phenoxy) is 2. The van der Waals surface area contributed by atoms with E-state index in [1.165, 1.54) is 24.1 Å². The standard InChI is InChI=1S/C28H32FN3O6/c1-16-4-11-23(18-5-7-19(29)8-6-18)32(16)24(33)14-31-15-28(38-27(31)36)13-12-20-21(28)9-10-22(25(20)34)30-26(35)17(2)37-3/h5-10,16-17,20,23H,4,11-15H2,1-3H3,(H,30,35)/t16-,17?,20?,23-,28-/m0/s1. The minimum Gasteiger partial charge on any atom is -0.436 e. The number of nitrogens with one attached hydrogen (secondary N) is 1. The molecule has 1 saturated carbocycles. The average Bonchev–Trinajstić information content (AvgIpc) is 3.55. The van der Waals surface area contributed by atoms with Gasteiger partial charge in [-0.1, -0.05) is 18.2 Å². The Labute approximate surface area is 220 Å². The van der Waals surface area contributed by atoms with E-state index in [-0.39, 0.29) is 48.4 Å². The zero-order valence-corrected chi connectivity index (χ0v) is 21.7. The maximum atomic E-state index is 13.4. The molecular formula is C28H32FN3O6. The second kappa shape index (κ2) is 9.98. The van der Waals surface area contributed by atoms with Gasteiger partial charge in [-0.3, -0.25) is 19.3 Å². The summed E-state index contributed by atoms with van der Waals surface area (Å²) in [4.78, 5) is 54.9. The Morgan fingerprint density at radius 3 is 2.63 bits per heavy atom. The molecule has 1 N–H and O–H groups in total. The van der Waals surface area contributed by atoms with Gasteiger partial charge in [0.1, 0.15) is 18.5 Å². The third-order valence-electron chi connectivity index (χ3n) is 8.26. The van der Waals surface area contributed by atoms with E-state index in [2.05, 4.69) is 5.32 Å². The Morgan fingerprint density at radius 2 is 1.92 bits per heavy atom. The second-order valence-electron chi connectivity index (χ2n) is 10.5. The molecule has 5 rings (SSSR count). The van der Waals surface area contributed by atoms with Crippen LogP contribution in [-0.4, -0.2) is 71.4 Å². The molecule has 2 heterocycles. The Bertz CT molecular complexity index is 1230. The number of halogens is 1. The van der Waals surface area contributed by atoms with Crippen LogP contribution in [0, 0.1) is 11.7 Å². The Morgan fingerprint density at radius 1 is 1.18 bits per heavy atom. The highest BCUT2D eigenvalue weighted by Gasteiger charge is 2.56. The van der Waals surface area contributed by atoms with E-state index in [9.17, 15) is 23.6 Å². The summed E-state index contributed by atoms with van der Waals surface area (Å²) < 4.78 is 24.3. The maximum absolute atomic E-state index is 13.4. The molecule has 38 heavy (non-hydrogen) atoms. The molecular weight excluding hydrogens is 493 g/mol. The predicted molar refractivity (Wildman–Crippen MR) is 134 cm³/mol. The van der Waals surface area contributed by atoms with Gasteiger partial charge in [0.15, 0.2) is 11.4 Å². The highest BCUT2D eigenvalue weighted by atomic mass is 19.1. The van der Waals surface area contributed by atoms with Crippen molar-refractivity contribution in [2.45, 2.75) is 63.3 Å². The van der Waals surface area contributed by atoms with Crippen LogP contribution >= 0.6 is 0 Å². The molecule has 10 heteroatoms. The third kappa shape index (κ3) is 4.51. The molecule has 1 spiro atoms. The lowest BCUT2D eigenvalue weighted by molar-refractivity contribution is -0.134. The molecule has 0 radical (unpaired) electrons. The first kappa shape index (κ1) is 26.1. The van der Waals surface area contributed by atoms with Crippen LogP contribution in [0.5, 0.6) is 0 Å². The van der Waals surface area contributed by atoms with Crippen molar-refractivity contribution in [3.8, 4) is 0 Å². The number of allylic oxidation sites excluding steroid dienone is 3. The van der Waals surface area contributed by atoms with Crippen molar-refractivity contribution in [3.63, 3.8) is 0 Å². The van der Waals surface area contributed by atoms with Crippen molar-refractivity contribution in [2.75, 3.05) is 20.2 Å². The SMILES string of the molecule is COC(C)C(=O)NC1=CC=C2C(CC[C@]23CN(CC(=O)N2[C@@H](C)CC[C@H]2c2ccc(F)cc2)C(=O)O3)C1=O. The number of amides is 3. The Kier molecular flexibility index (Phi) is 6.85. The lowest BCUT2D eigenvalue weighted by atomic mass is 9.85. The smallest absolute Gasteiger partial charge is 0.411 e. The van der Waals surface area contributed by atoms with E-state index in [0.717, 1.165) is 18.4 Å². The van der Waals surface area contributed by atoms with Crippen LogP contribution < -0.4 is 5.32 Å². The van der Waals surface area contributed by atoms with Crippen LogP contribution in [0.4, 0.5) is 9.18 Å². The quantitative estimate of drug-likeness (QED) is 0.612. The highest BCUT2D eigenvalue weighted by molar-refractivity contribution is 6.04. The minimum atomic E-state index is -0.976. The van der Waals surface area contributed by atoms with Gasteiger partial charge in [-0.05, 0) is 68.9 Å². The van der Waals surface area contributed by atoms with Crippen LogP contribution in [-0.2, 0) is 23.9 Å². The number of carbonyl (C=O) groups is 4. The fraction of sp³-hybridized carbons (Fsp3) is 0.500. The summed E-state index contributed by atoms with van der Waals surface area (Å²) in [6.45, 7) is 3.60. The van der Waals surface area contributed by atoms with E-state index in [1.807, 2.05) is 6.92 Å². The Balaban J connectivity index is 1.30. The van der Waals surface area contributed by atoms with Crippen molar-refractivity contribution in [2.24, 2.45) is 5.92 Å². The number of hydrogen-bond acceptors (Lipinski definition) is 6. The highest BCUT2D eigenvalue weighted by Crippen LogP contribution is 2.48. The largest absolute Gasteiger partial charge is 0.436 e. The van der Waals surface area contributed by atoms with E-state index < -0.39 is 29.6 Å². The number of nitrogens with zero attached hydrogens (tertiary/aromatic N) is 2. The summed E-state index contributed by atoms with van der Waals surface area (Å²) in [7, 11) is 1.42. The first-order chi connectivity index (χ1) is 18.1. The van der Waals surface area contributed by atoms with Gasteiger partial charge >= 0.3 is 6.09 Å². The fourth-order valence-electron chi connectivity index (χ4n) is 6.12. The van der Waals surface area contributed by atoms with E-state index in [4.69, 9.17) is 9.47 Å². The molecule has 1 aromatic rings. The molecule has 202 valence electrons. The number of likely N-dealkylation sites (tertiary alicyclic amines) is 1. The van der Waals surface area contributed by atoms with Crippen molar-refractivity contribution in [1.82, 2.24) is 15.1 Å². The predicted octanol–water partition coefficient (Wildman–Crippen LogP) is 3.02. The summed E-state index contributed by atoms with van der Waals surface area (Å²) in [5, 5.41) is 2.62. The van der Waals surface area contributed by atoms with Gasteiger partial charge in [0.05, 0.1) is 18.3 Å². The van der Waals surface area contributed by atoms with Crippen molar-refractivity contribution in [1.29, 1.82) is 0 Å². The molecule has 2 aliphatic heterocycles. The molecule has 9 nitrogen and oxygen atoms in total. The number of methoxy groups -OCH3 is 1. The molecule has 1 aromatic carbocycles. The van der Waals surface area contributed by atoms with Crippen LogP contribution in [0.3, 0.4) is 0 Å². The first-order valence-electron chi connectivity index (χ1n) is 13.0. The van der Waals surface area contributed by atoms with Crippen LogP contribution in [0.1, 0.15) is 51.1 Å². The van der Waals surface area contributed by atoms with Gasteiger partial charge in [-0.2, -0.15) is 0 Å². The zero-order valence-electron chi connectivity index (χ0n) is 21.7. The van der Waals surface area contributed by atoms with Crippen LogP contribution in [0.2, 0.25) is 0 Å². The van der Waals surface area contributed by atoms with Gasteiger partial charge in [0.25, 0.3) is 5.91 Å². The van der Waals surface area contributed by atoms with Crippen LogP contribution in [0.15, 0.2) is 47.7 Å². The lowest BCUT2D eigenvalue weighted by Gasteiger charge is -2.31. The first-order valence-corrected chi connectivity index (χ1v) is 13.0. The number of benzene rings is 1.